The van der Waals surface area contributed by atoms with Crippen LogP contribution in [0.1, 0.15) is 61.4 Å². The SMILES string of the molecule is CC(CNCc1ccc(C(=O)O)cc1)CC1CCCCC1. The topological polar surface area (TPSA) is 49.3 Å². The number of carboxylic acid groups (broad SMARTS) is 1. The molecule has 1 aromatic carbocycles. The number of benzene rings is 1. The molecule has 1 aromatic rings. The van der Waals surface area contributed by atoms with Crippen molar-refractivity contribution in [2.45, 2.75) is 52.0 Å². The number of aromatic carboxylic acids is 1. The maximum Gasteiger partial charge on any atom is 0.335 e. The molecular weight excluding hydrogens is 262 g/mol. The fraction of sp³-hybridized carbons (Fsp3) is 0.611. The molecular formula is C18H27NO2. The molecule has 2 rings (SSSR count). The van der Waals surface area contributed by atoms with Crippen LogP contribution in [0.15, 0.2) is 24.3 Å². The fourth-order valence-electron chi connectivity index (χ4n) is 3.30. The maximum absolute atomic E-state index is 10.8. The highest BCUT2D eigenvalue weighted by Gasteiger charge is 2.16. The molecule has 2 N–H and O–H groups in total. The molecule has 0 heterocycles. The summed E-state index contributed by atoms with van der Waals surface area (Å²) in [5, 5.41) is 12.4. The second kappa shape index (κ2) is 8.18. The Morgan fingerprint density at radius 3 is 2.52 bits per heavy atom. The normalized spacial score (nSPS) is 17.6. The van der Waals surface area contributed by atoms with E-state index in [0.717, 1.165) is 24.6 Å². The highest BCUT2D eigenvalue weighted by atomic mass is 16.4. The van der Waals surface area contributed by atoms with Crippen LogP contribution in [-0.2, 0) is 6.54 Å². The summed E-state index contributed by atoms with van der Waals surface area (Å²) in [6, 6.07) is 7.13. The molecule has 1 aliphatic rings. The molecule has 3 heteroatoms. The van der Waals surface area contributed by atoms with E-state index in [1.807, 2.05) is 12.1 Å². The van der Waals surface area contributed by atoms with E-state index in [-0.39, 0.29) is 0 Å². The summed E-state index contributed by atoms with van der Waals surface area (Å²) in [5.74, 6) is 0.785. The third-order valence-corrected chi connectivity index (χ3v) is 4.48. The number of nitrogens with one attached hydrogen (secondary N) is 1. The molecule has 0 aliphatic heterocycles. The first kappa shape index (κ1) is 16.0. The minimum Gasteiger partial charge on any atom is -0.478 e. The largest absolute Gasteiger partial charge is 0.478 e. The zero-order valence-electron chi connectivity index (χ0n) is 13.0. The monoisotopic (exact) mass is 289 g/mol. The Labute approximate surface area is 127 Å². The molecule has 0 amide bonds. The average molecular weight is 289 g/mol. The van der Waals surface area contributed by atoms with Crippen molar-refractivity contribution >= 4 is 5.97 Å². The number of carbonyl (C=O) groups is 1. The quantitative estimate of drug-likeness (QED) is 0.795. The Kier molecular flexibility index (Phi) is 6.24. The summed E-state index contributed by atoms with van der Waals surface area (Å²) in [4.78, 5) is 10.8. The smallest absolute Gasteiger partial charge is 0.335 e. The lowest BCUT2D eigenvalue weighted by Gasteiger charge is -2.24. The highest BCUT2D eigenvalue weighted by molar-refractivity contribution is 5.87. The Bertz CT molecular complexity index is 435. The standard InChI is InChI=1S/C18H27NO2/c1-14(11-15-5-3-2-4-6-15)12-19-13-16-7-9-17(10-8-16)18(20)21/h7-10,14-15,19H,2-6,11-13H2,1H3,(H,20,21). The van der Waals surface area contributed by atoms with Crippen LogP contribution in [-0.4, -0.2) is 17.6 Å². The molecule has 1 atom stereocenters. The van der Waals surface area contributed by atoms with E-state index in [0.29, 0.717) is 11.5 Å². The van der Waals surface area contributed by atoms with Gasteiger partial charge in [0.2, 0.25) is 0 Å². The van der Waals surface area contributed by atoms with Gasteiger partial charge in [0, 0.05) is 6.54 Å². The average Bonchev–Trinajstić information content (AvgIpc) is 2.49. The van der Waals surface area contributed by atoms with Gasteiger partial charge in [0.05, 0.1) is 5.56 Å². The van der Waals surface area contributed by atoms with Gasteiger partial charge in [-0.05, 0) is 42.5 Å². The maximum atomic E-state index is 10.8. The molecule has 21 heavy (non-hydrogen) atoms. The molecule has 0 aromatic heterocycles. The van der Waals surface area contributed by atoms with E-state index in [4.69, 9.17) is 5.11 Å². The van der Waals surface area contributed by atoms with Crippen molar-refractivity contribution in [3.05, 3.63) is 35.4 Å². The van der Waals surface area contributed by atoms with E-state index in [1.165, 1.54) is 38.5 Å². The number of hydrogen-bond acceptors (Lipinski definition) is 2. The molecule has 1 fully saturated rings. The van der Waals surface area contributed by atoms with E-state index in [2.05, 4.69) is 12.2 Å². The van der Waals surface area contributed by atoms with Crippen LogP contribution >= 0.6 is 0 Å². The summed E-state index contributed by atoms with van der Waals surface area (Å²) in [5.41, 5.74) is 1.49. The van der Waals surface area contributed by atoms with Gasteiger partial charge in [-0.1, -0.05) is 51.2 Å². The molecule has 0 bridgehead atoms. The first-order chi connectivity index (χ1) is 10.1. The highest BCUT2D eigenvalue weighted by Crippen LogP contribution is 2.28. The summed E-state index contributed by atoms with van der Waals surface area (Å²) in [6.45, 7) is 4.18. The van der Waals surface area contributed by atoms with Gasteiger partial charge >= 0.3 is 5.97 Å². The van der Waals surface area contributed by atoms with E-state index < -0.39 is 5.97 Å². The van der Waals surface area contributed by atoms with Gasteiger partial charge in [-0.25, -0.2) is 4.79 Å². The Hall–Kier alpha value is -1.35. The van der Waals surface area contributed by atoms with Crippen LogP contribution in [0.5, 0.6) is 0 Å². The summed E-state index contributed by atoms with van der Waals surface area (Å²) in [6.07, 6.45) is 8.43. The van der Waals surface area contributed by atoms with Gasteiger partial charge in [-0.15, -0.1) is 0 Å². The summed E-state index contributed by atoms with van der Waals surface area (Å²) < 4.78 is 0. The van der Waals surface area contributed by atoms with Crippen molar-refractivity contribution in [3.8, 4) is 0 Å². The predicted molar refractivity (Wildman–Crippen MR) is 85.5 cm³/mol. The second-order valence-corrected chi connectivity index (χ2v) is 6.48. The van der Waals surface area contributed by atoms with Gasteiger partial charge in [0.15, 0.2) is 0 Å². The Morgan fingerprint density at radius 2 is 1.90 bits per heavy atom. The lowest BCUT2D eigenvalue weighted by Crippen LogP contribution is -2.23. The summed E-state index contributed by atoms with van der Waals surface area (Å²) >= 11 is 0. The lowest BCUT2D eigenvalue weighted by atomic mass is 9.83. The predicted octanol–water partition coefficient (Wildman–Crippen LogP) is 4.08. The van der Waals surface area contributed by atoms with Gasteiger partial charge in [0.25, 0.3) is 0 Å². The van der Waals surface area contributed by atoms with Crippen molar-refractivity contribution in [1.29, 1.82) is 0 Å². The zero-order chi connectivity index (χ0) is 15.1. The van der Waals surface area contributed by atoms with E-state index in [1.54, 1.807) is 12.1 Å². The minimum atomic E-state index is -0.865. The van der Waals surface area contributed by atoms with Crippen molar-refractivity contribution in [2.75, 3.05) is 6.54 Å². The molecule has 0 radical (unpaired) electrons. The number of rotatable bonds is 7. The molecule has 1 aliphatic carbocycles. The van der Waals surface area contributed by atoms with Crippen LogP contribution in [0.3, 0.4) is 0 Å². The molecule has 0 saturated heterocycles. The number of carboxylic acids is 1. The summed E-state index contributed by atoms with van der Waals surface area (Å²) in [7, 11) is 0. The van der Waals surface area contributed by atoms with Crippen LogP contribution in [0.25, 0.3) is 0 Å². The Balaban J connectivity index is 1.67. The van der Waals surface area contributed by atoms with Crippen molar-refractivity contribution in [3.63, 3.8) is 0 Å². The van der Waals surface area contributed by atoms with Gasteiger partial charge in [-0.3, -0.25) is 0 Å². The first-order valence-electron chi connectivity index (χ1n) is 8.18. The number of hydrogen-bond donors (Lipinski definition) is 2. The van der Waals surface area contributed by atoms with Crippen molar-refractivity contribution < 1.29 is 9.90 Å². The van der Waals surface area contributed by atoms with Crippen LogP contribution in [0.2, 0.25) is 0 Å². The van der Waals surface area contributed by atoms with Crippen LogP contribution < -0.4 is 5.32 Å². The minimum absolute atomic E-state index is 0.351. The van der Waals surface area contributed by atoms with Crippen LogP contribution in [0, 0.1) is 11.8 Å². The molecule has 1 saturated carbocycles. The second-order valence-electron chi connectivity index (χ2n) is 6.48. The molecule has 3 nitrogen and oxygen atoms in total. The molecule has 1 unspecified atom stereocenters. The van der Waals surface area contributed by atoms with Gasteiger partial charge in [0.1, 0.15) is 0 Å². The first-order valence-corrected chi connectivity index (χ1v) is 8.18. The Morgan fingerprint density at radius 1 is 1.24 bits per heavy atom. The molecule has 0 spiro atoms. The van der Waals surface area contributed by atoms with Crippen molar-refractivity contribution in [1.82, 2.24) is 5.32 Å². The third-order valence-electron chi connectivity index (χ3n) is 4.48. The fourth-order valence-corrected chi connectivity index (χ4v) is 3.30. The van der Waals surface area contributed by atoms with Gasteiger partial charge in [-0.2, -0.15) is 0 Å². The zero-order valence-corrected chi connectivity index (χ0v) is 13.0. The van der Waals surface area contributed by atoms with E-state index in [9.17, 15) is 4.79 Å². The van der Waals surface area contributed by atoms with Gasteiger partial charge < -0.3 is 10.4 Å². The van der Waals surface area contributed by atoms with E-state index >= 15 is 0 Å². The van der Waals surface area contributed by atoms with Crippen molar-refractivity contribution in [2.24, 2.45) is 11.8 Å². The van der Waals surface area contributed by atoms with Crippen LogP contribution in [0.4, 0.5) is 0 Å². The molecule has 116 valence electrons. The third kappa shape index (κ3) is 5.50. The lowest BCUT2D eigenvalue weighted by molar-refractivity contribution is 0.0697.